The first-order valence-electron chi connectivity index (χ1n) is 37.3. The predicted molar refractivity (Wildman–Crippen MR) is 380 cm³/mol. The lowest BCUT2D eigenvalue weighted by Gasteiger charge is -2.47. The third kappa shape index (κ3) is 21.3. The van der Waals surface area contributed by atoms with Crippen molar-refractivity contribution in [2.45, 2.75) is 222 Å². The molecule has 3 aliphatic heterocycles. The molecule has 110 heavy (non-hydrogen) atoms. The second-order valence-electron chi connectivity index (χ2n) is 30.5. The van der Waals surface area contributed by atoms with Gasteiger partial charge in [-0.2, -0.15) is 26.3 Å². The maximum absolute atomic E-state index is 15.5. The Balaban J connectivity index is 1.36. The van der Waals surface area contributed by atoms with Gasteiger partial charge in [0.2, 0.25) is 70.9 Å². The SMILES string of the molecule is CC[C@H](C)[C@@H]1NC(=O)[C@H](CC(C)C)N(C)C(=O)C[C@@H](C(=O)N(C)C)N(C)C(=O)[C@H](C2CCCC2)N(C)C(=O)C2(CCC2)NC(=O)[C@@H]2[C@@H](OCC(F)F)CCN2C(=O)[C@H](CCc2cc(F)c(C(F)(F)F)c(F)c2)NC(=O)CN(C)C(=O)[C@H](CC2=CC=C(C(F)(F)F)CC2)N2CC/C=C\C[C@@H](C2=O)N(C)C(=O)CN(C)C1=O. The highest BCUT2D eigenvalue weighted by atomic mass is 19.4. The number of fused-ring (bicyclic) bond motifs is 3. The first kappa shape index (κ1) is 88.6. The molecule has 3 N–H and O–H groups in total. The number of ether oxygens (including phenoxy) is 1. The number of carbonyl (C=O) groups excluding carboxylic acids is 12. The Morgan fingerprint density at radius 2 is 1.31 bits per heavy atom. The average Bonchev–Trinajstić information content (AvgIpc) is 1.32. The molecular formula is C75H104F10N12O13. The fourth-order valence-electron chi connectivity index (χ4n) is 15.4. The number of carbonyl (C=O) groups is 12. The van der Waals surface area contributed by atoms with Crippen molar-refractivity contribution in [3.8, 4) is 0 Å². The van der Waals surface area contributed by atoms with Crippen molar-refractivity contribution >= 4 is 70.9 Å². The lowest BCUT2D eigenvalue weighted by atomic mass is 9.74. The number of rotatable bonds is 14. The Morgan fingerprint density at radius 3 is 1.86 bits per heavy atom. The first-order valence-corrected chi connectivity index (χ1v) is 37.3. The molecule has 1 spiro atoms. The van der Waals surface area contributed by atoms with Crippen molar-refractivity contribution in [2.75, 3.05) is 89.2 Å². The highest BCUT2D eigenvalue weighted by molar-refractivity contribution is 6.01. The second kappa shape index (κ2) is 37.6. The Bertz CT molecular complexity index is 3650. The quantitative estimate of drug-likeness (QED) is 0.136. The van der Waals surface area contributed by atoms with Gasteiger partial charge in [0.15, 0.2) is 0 Å². The van der Waals surface area contributed by atoms with Crippen molar-refractivity contribution in [1.82, 2.24) is 60.0 Å². The number of allylic oxidation sites excluding steroid dienone is 3. The molecule has 3 heterocycles. The number of nitrogens with zero attached hydrogens (tertiary/aromatic N) is 9. The van der Waals surface area contributed by atoms with Crippen molar-refractivity contribution in [1.29, 1.82) is 0 Å². The molecule has 0 radical (unpaired) electrons. The van der Waals surface area contributed by atoms with E-state index in [0.29, 0.717) is 44.2 Å². The summed E-state index contributed by atoms with van der Waals surface area (Å²) in [5, 5.41) is 8.00. The molecule has 1 aromatic rings. The minimum atomic E-state index is -5.51. The number of aryl methyl sites for hydroxylation is 1. The standard InChI is InChI=1S/C75H104F10N12O13/c1-13-43(4)61-70(107)91(8)40-59(100)92(9)51-22-15-14-18-32-96(69(51)106)54(37-44-23-26-47(27-24-44)74(80,81)82)68(105)90(7)39-57(98)86-50(28-25-45-35-48(76)60(49(77)36-45)75(83,84)85)66(103)97-33-29-55(110-41-56(78)79)63(97)65(102)88-73(30-19-31-73)72(109)95(12)62(46-20-16-17-21-46)71(108)94(11)53(67(104)89(5)6)38-58(99)93(10)52(34-42(2)3)64(101)87-61/h14-15,23,26,35-36,42-43,46,50-56,61-63H,13,16-22,24-25,27-34,37-41H2,1-12H3,(H,86,98)(H,87,101)(H,88,102)/b15-14-/t43-,50-,51-,52-,53-,54-,55-,61-,62-,63-/m0/s1. The Labute approximate surface area is 634 Å². The van der Waals surface area contributed by atoms with E-state index < -0.39 is 248 Å². The van der Waals surface area contributed by atoms with Gasteiger partial charge in [-0.25, -0.2) is 17.6 Å². The number of alkyl halides is 8. The van der Waals surface area contributed by atoms with Crippen LogP contribution in [0.25, 0.3) is 0 Å². The molecule has 2 bridgehead atoms. The zero-order valence-corrected chi connectivity index (χ0v) is 64.3. The van der Waals surface area contributed by atoms with Gasteiger partial charge in [0.1, 0.15) is 77.7 Å². The Kier molecular flexibility index (Phi) is 30.2. The number of benzene rings is 1. The molecule has 35 heteroatoms. The maximum atomic E-state index is 15.5. The van der Waals surface area contributed by atoms with Crippen LogP contribution in [0.15, 0.2) is 47.6 Å². The molecule has 2 saturated heterocycles. The van der Waals surface area contributed by atoms with Gasteiger partial charge in [-0.1, -0.05) is 76.8 Å². The van der Waals surface area contributed by atoms with Crippen molar-refractivity contribution in [3.63, 3.8) is 0 Å². The summed E-state index contributed by atoms with van der Waals surface area (Å²) in [6, 6.07) is -12.0. The van der Waals surface area contributed by atoms with Crippen molar-refractivity contribution < 1.29 is 106 Å². The molecule has 1 aromatic carbocycles. The van der Waals surface area contributed by atoms with Gasteiger partial charge in [-0.05, 0) is 125 Å². The lowest BCUT2D eigenvalue weighted by Crippen LogP contribution is -2.69. The molecule has 612 valence electrons. The third-order valence-electron chi connectivity index (χ3n) is 22.1. The van der Waals surface area contributed by atoms with Crippen LogP contribution in [0.3, 0.4) is 0 Å². The van der Waals surface area contributed by atoms with Gasteiger partial charge in [0, 0.05) is 75.0 Å². The molecule has 10 atom stereocenters. The zero-order chi connectivity index (χ0) is 81.9. The number of amides is 12. The largest absolute Gasteiger partial charge is 0.422 e. The van der Waals surface area contributed by atoms with Crippen LogP contribution >= 0.6 is 0 Å². The molecule has 6 aliphatic rings. The van der Waals surface area contributed by atoms with Crippen molar-refractivity contribution in [3.05, 3.63) is 70.3 Å². The van der Waals surface area contributed by atoms with Gasteiger partial charge in [0.05, 0.1) is 25.6 Å². The molecule has 12 amide bonds. The van der Waals surface area contributed by atoms with Crippen LogP contribution in [0.4, 0.5) is 43.9 Å². The average molecular weight is 1570 g/mol. The molecule has 0 unspecified atom stereocenters. The van der Waals surface area contributed by atoms with E-state index in [4.69, 9.17) is 4.74 Å². The molecule has 25 nitrogen and oxygen atoms in total. The van der Waals surface area contributed by atoms with Crippen LogP contribution in [0, 0.1) is 29.4 Å². The molecule has 0 aromatic heterocycles. The van der Waals surface area contributed by atoms with E-state index in [2.05, 4.69) is 16.0 Å². The lowest BCUT2D eigenvalue weighted by molar-refractivity contribution is -0.158. The van der Waals surface area contributed by atoms with Gasteiger partial charge in [0.25, 0.3) is 6.43 Å². The Hall–Kier alpha value is -8.66. The number of nitrogens with one attached hydrogen (secondary N) is 3. The van der Waals surface area contributed by atoms with E-state index in [1.165, 1.54) is 49.3 Å². The van der Waals surface area contributed by atoms with E-state index in [0.717, 1.165) is 63.3 Å². The summed E-state index contributed by atoms with van der Waals surface area (Å²) in [5.74, 6) is -16.6. The summed E-state index contributed by atoms with van der Waals surface area (Å²) in [6.45, 7) is 3.19. The highest BCUT2D eigenvalue weighted by Crippen LogP contribution is 2.40. The topological polar surface area (TPSA) is 279 Å². The van der Waals surface area contributed by atoms with Crippen LogP contribution in [0.5, 0.6) is 0 Å². The summed E-state index contributed by atoms with van der Waals surface area (Å²) in [7, 11) is 10.4. The van der Waals surface area contributed by atoms with E-state index in [-0.39, 0.29) is 69.4 Å². The third-order valence-corrected chi connectivity index (χ3v) is 22.1. The summed E-state index contributed by atoms with van der Waals surface area (Å²) >= 11 is 0. The number of likely N-dealkylation sites (N-methyl/N-ethyl adjacent to an activating group) is 7. The summed E-state index contributed by atoms with van der Waals surface area (Å²) in [6.07, 6.45) is -11.2. The van der Waals surface area contributed by atoms with Gasteiger partial charge in [-0.3, -0.25) is 57.5 Å². The Morgan fingerprint density at radius 1 is 0.673 bits per heavy atom. The van der Waals surface area contributed by atoms with Crippen LogP contribution in [0.2, 0.25) is 0 Å². The van der Waals surface area contributed by atoms with E-state index in [1.807, 2.05) is 0 Å². The van der Waals surface area contributed by atoms with Gasteiger partial charge in [-0.15, -0.1) is 0 Å². The number of hydrogen-bond donors (Lipinski definition) is 3. The minimum absolute atomic E-state index is 0.0113. The fourth-order valence-corrected chi connectivity index (χ4v) is 15.4. The normalized spacial score (nSPS) is 26.7. The minimum Gasteiger partial charge on any atom is -0.370 e. The van der Waals surface area contributed by atoms with E-state index >= 15 is 37.5 Å². The summed E-state index contributed by atoms with van der Waals surface area (Å²) < 4.78 is 148. The second-order valence-corrected chi connectivity index (χ2v) is 30.5. The molecule has 3 aliphatic carbocycles. The maximum Gasteiger partial charge on any atom is 0.422 e. The van der Waals surface area contributed by atoms with Crippen LogP contribution < -0.4 is 16.0 Å². The fraction of sp³-hybridized carbons (Fsp3) is 0.680. The zero-order valence-electron chi connectivity index (χ0n) is 64.3. The van der Waals surface area contributed by atoms with Crippen LogP contribution in [0.1, 0.15) is 148 Å². The molecule has 7 rings (SSSR count). The van der Waals surface area contributed by atoms with Gasteiger partial charge < -0.3 is 64.8 Å². The van der Waals surface area contributed by atoms with Gasteiger partial charge >= 0.3 is 12.4 Å². The van der Waals surface area contributed by atoms with E-state index in [9.17, 15) is 63.9 Å². The van der Waals surface area contributed by atoms with E-state index in [1.54, 1.807) is 39.8 Å². The van der Waals surface area contributed by atoms with Crippen molar-refractivity contribution in [2.24, 2.45) is 17.8 Å². The first-order chi connectivity index (χ1) is 51.4. The van der Waals surface area contributed by atoms with Crippen LogP contribution in [-0.4, -0.2) is 277 Å². The predicted octanol–water partition coefficient (Wildman–Crippen LogP) is 6.32. The summed E-state index contributed by atoms with van der Waals surface area (Å²) in [4.78, 5) is 190. The van der Waals surface area contributed by atoms with Crippen LogP contribution in [-0.2, 0) is 74.9 Å². The molecule has 2 saturated carbocycles. The number of halogens is 10. The molecular weight excluding hydrogens is 1470 g/mol. The number of hydrogen-bond acceptors (Lipinski definition) is 13. The highest BCUT2D eigenvalue weighted by Gasteiger charge is 2.55. The monoisotopic (exact) mass is 1570 g/mol. The molecule has 4 fully saturated rings. The smallest absolute Gasteiger partial charge is 0.370 e. The summed E-state index contributed by atoms with van der Waals surface area (Å²) in [5.41, 5.74) is -5.26.